The Kier molecular flexibility index (Phi) is 3.98. The van der Waals surface area contributed by atoms with E-state index in [0.717, 1.165) is 32.7 Å². The van der Waals surface area contributed by atoms with Gasteiger partial charge in [-0.2, -0.15) is 0 Å². The fraction of sp³-hybridized carbons (Fsp3) is 0.667. The number of benzene rings is 1. The van der Waals surface area contributed by atoms with Crippen molar-refractivity contribution < 1.29 is 9.53 Å². The molecule has 0 aromatic heterocycles. The Morgan fingerprint density at radius 3 is 2.62 bits per heavy atom. The summed E-state index contributed by atoms with van der Waals surface area (Å²) < 4.78 is 5.56. The summed E-state index contributed by atoms with van der Waals surface area (Å²) in [6.07, 6.45) is 3.39. The van der Waals surface area contributed by atoms with Gasteiger partial charge in [0.2, 0.25) is 0 Å². The number of piperidine rings is 3. The van der Waals surface area contributed by atoms with Crippen molar-refractivity contribution in [3.05, 3.63) is 35.4 Å². The molecule has 5 nitrogen and oxygen atoms in total. The van der Waals surface area contributed by atoms with Gasteiger partial charge in [-0.05, 0) is 49.4 Å². The van der Waals surface area contributed by atoms with Crippen LogP contribution < -0.4 is 5.32 Å². The molecule has 4 fully saturated rings. The van der Waals surface area contributed by atoms with Crippen molar-refractivity contribution in [2.45, 2.75) is 38.3 Å². The number of carbonyl (C=O) groups excluding carboxylic acids is 1. The molecule has 2 bridgehead atoms. The summed E-state index contributed by atoms with van der Waals surface area (Å²) in [6.45, 7) is 7.94. The molecule has 26 heavy (non-hydrogen) atoms. The van der Waals surface area contributed by atoms with E-state index < -0.39 is 0 Å². The fourth-order valence-electron chi connectivity index (χ4n) is 5.49. The molecule has 5 aliphatic rings. The van der Waals surface area contributed by atoms with Crippen LogP contribution in [-0.2, 0) is 11.2 Å². The number of nitrogens with zero attached hydrogens (tertiary/aromatic N) is 2. The third kappa shape index (κ3) is 2.64. The van der Waals surface area contributed by atoms with E-state index in [2.05, 4.69) is 46.3 Å². The molecule has 0 radical (unpaired) electrons. The SMILES string of the molecule is CC1([C@@H]2c3ccccc3CCN2C(=O)N[C@@H]2CN3CCC2CC3)COC1. The Bertz CT molecular complexity index is 694. The predicted molar refractivity (Wildman–Crippen MR) is 100 cm³/mol. The molecular formula is C21H29N3O2. The van der Waals surface area contributed by atoms with E-state index in [1.807, 2.05) is 0 Å². The zero-order valence-electron chi connectivity index (χ0n) is 15.6. The van der Waals surface area contributed by atoms with E-state index in [1.165, 1.54) is 37.1 Å². The van der Waals surface area contributed by atoms with Crippen molar-refractivity contribution >= 4 is 6.03 Å². The van der Waals surface area contributed by atoms with E-state index in [0.29, 0.717) is 12.0 Å². The molecule has 4 saturated heterocycles. The highest BCUT2D eigenvalue weighted by Crippen LogP contribution is 2.47. The third-order valence-electron chi connectivity index (χ3n) is 7.03. The van der Waals surface area contributed by atoms with Gasteiger partial charge in [-0.3, -0.25) is 0 Å². The maximum atomic E-state index is 13.3. The topological polar surface area (TPSA) is 44.8 Å². The minimum absolute atomic E-state index is 0.0168. The highest BCUT2D eigenvalue weighted by molar-refractivity contribution is 5.76. The van der Waals surface area contributed by atoms with Crippen LogP contribution in [0, 0.1) is 11.3 Å². The molecule has 0 aliphatic carbocycles. The molecule has 5 aliphatic heterocycles. The average Bonchev–Trinajstić information content (AvgIpc) is 2.66. The van der Waals surface area contributed by atoms with Gasteiger partial charge in [-0.1, -0.05) is 31.2 Å². The molecule has 140 valence electrons. The number of hydrogen-bond acceptors (Lipinski definition) is 3. The standard InChI is InChI=1S/C21H29N3O2/c1-21(13-26-14-21)19-17-5-3-2-4-15(17)8-11-24(19)20(25)22-18-12-23-9-6-16(18)7-10-23/h2-5,16,18-19H,6-14H2,1H3,(H,22,25)/t18-,19+/m1/s1. The van der Waals surface area contributed by atoms with E-state index in [-0.39, 0.29) is 17.5 Å². The summed E-state index contributed by atoms with van der Waals surface area (Å²) in [7, 11) is 0. The summed E-state index contributed by atoms with van der Waals surface area (Å²) >= 11 is 0. The van der Waals surface area contributed by atoms with Crippen LogP contribution in [-0.4, -0.2) is 61.3 Å². The molecule has 0 spiro atoms. The van der Waals surface area contributed by atoms with Crippen molar-refractivity contribution in [3.8, 4) is 0 Å². The van der Waals surface area contributed by atoms with E-state index in [1.54, 1.807) is 0 Å². The summed E-state index contributed by atoms with van der Waals surface area (Å²) in [4.78, 5) is 17.9. The van der Waals surface area contributed by atoms with Crippen LogP contribution in [0.15, 0.2) is 24.3 Å². The zero-order valence-corrected chi connectivity index (χ0v) is 15.6. The maximum Gasteiger partial charge on any atom is 0.318 e. The normalized spacial score (nSPS) is 34.7. The highest BCUT2D eigenvalue weighted by atomic mass is 16.5. The largest absolute Gasteiger partial charge is 0.380 e. The fourth-order valence-corrected chi connectivity index (χ4v) is 5.49. The van der Waals surface area contributed by atoms with Crippen molar-refractivity contribution in [2.24, 2.45) is 11.3 Å². The Labute approximate surface area is 155 Å². The monoisotopic (exact) mass is 355 g/mol. The van der Waals surface area contributed by atoms with Gasteiger partial charge in [0.25, 0.3) is 0 Å². The molecule has 1 aromatic rings. The Morgan fingerprint density at radius 2 is 1.96 bits per heavy atom. The average molecular weight is 355 g/mol. The minimum Gasteiger partial charge on any atom is -0.380 e. The number of fused-ring (bicyclic) bond motifs is 4. The number of rotatable bonds is 2. The molecule has 5 heterocycles. The quantitative estimate of drug-likeness (QED) is 0.886. The van der Waals surface area contributed by atoms with Crippen molar-refractivity contribution in [2.75, 3.05) is 39.4 Å². The smallest absolute Gasteiger partial charge is 0.318 e. The van der Waals surface area contributed by atoms with Crippen LogP contribution in [0.3, 0.4) is 0 Å². The molecule has 0 saturated carbocycles. The highest BCUT2D eigenvalue weighted by Gasteiger charge is 2.49. The lowest BCUT2D eigenvalue weighted by atomic mass is 9.73. The van der Waals surface area contributed by atoms with Crippen LogP contribution in [0.2, 0.25) is 0 Å². The lowest BCUT2D eigenvalue weighted by Crippen LogP contribution is -2.62. The summed E-state index contributed by atoms with van der Waals surface area (Å²) in [5.41, 5.74) is 2.72. The summed E-state index contributed by atoms with van der Waals surface area (Å²) in [5, 5.41) is 3.41. The molecule has 6 rings (SSSR count). The second kappa shape index (κ2) is 6.24. The molecule has 5 heteroatoms. The van der Waals surface area contributed by atoms with Crippen LogP contribution >= 0.6 is 0 Å². The molecule has 2 amide bonds. The first-order chi connectivity index (χ1) is 12.6. The van der Waals surface area contributed by atoms with E-state index >= 15 is 0 Å². The van der Waals surface area contributed by atoms with Crippen molar-refractivity contribution in [1.82, 2.24) is 15.1 Å². The van der Waals surface area contributed by atoms with Crippen molar-refractivity contribution in [1.29, 1.82) is 0 Å². The van der Waals surface area contributed by atoms with E-state index in [4.69, 9.17) is 4.74 Å². The molecular weight excluding hydrogens is 326 g/mol. The molecule has 2 atom stereocenters. The predicted octanol–water partition coefficient (Wildman–Crippen LogP) is 2.43. The summed E-state index contributed by atoms with van der Waals surface area (Å²) in [5.74, 6) is 0.655. The van der Waals surface area contributed by atoms with E-state index in [9.17, 15) is 4.79 Å². The van der Waals surface area contributed by atoms with Gasteiger partial charge in [0.1, 0.15) is 0 Å². The maximum absolute atomic E-state index is 13.3. The first-order valence-electron chi connectivity index (χ1n) is 10.1. The molecule has 1 aromatic carbocycles. The van der Waals surface area contributed by atoms with Gasteiger partial charge in [0.05, 0.1) is 19.3 Å². The third-order valence-corrected chi connectivity index (χ3v) is 7.03. The van der Waals surface area contributed by atoms with Gasteiger partial charge in [0, 0.05) is 24.5 Å². The lowest BCUT2D eigenvalue weighted by Gasteiger charge is -2.52. The van der Waals surface area contributed by atoms with Crippen molar-refractivity contribution in [3.63, 3.8) is 0 Å². The van der Waals surface area contributed by atoms with Crippen LogP contribution in [0.4, 0.5) is 4.79 Å². The van der Waals surface area contributed by atoms with Gasteiger partial charge in [0.15, 0.2) is 0 Å². The second-order valence-corrected chi connectivity index (χ2v) is 8.89. The first kappa shape index (κ1) is 16.6. The molecule has 0 unspecified atom stereocenters. The Balaban J connectivity index is 1.39. The van der Waals surface area contributed by atoms with Gasteiger partial charge in [-0.15, -0.1) is 0 Å². The first-order valence-corrected chi connectivity index (χ1v) is 10.1. The Morgan fingerprint density at radius 1 is 1.19 bits per heavy atom. The number of ether oxygens (including phenoxy) is 1. The number of hydrogen-bond donors (Lipinski definition) is 1. The number of nitrogens with one attached hydrogen (secondary N) is 1. The summed E-state index contributed by atoms with van der Waals surface area (Å²) in [6, 6.07) is 9.18. The van der Waals surface area contributed by atoms with Gasteiger partial charge in [-0.25, -0.2) is 4.79 Å². The zero-order chi connectivity index (χ0) is 17.7. The lowest BCUT2D eigenvalue weighted by molar-refractivity contribution is -0.141. The van der Waals surface area contributed by atoms with Gasteiger partial charge >= 0.3 is 6.03 Å². The number of carbonyl (C=O) groups is 1. The number of urea groups is 1. The Hall–Kier alpha value is -1.59. The molecule has 1 N–H and O–H groups in total. The minimum atomic E-state index is 0.0168. The second-order valence-electron chi connectivity index (χ2n) is 8.89. The van der Waals surface area contributed by atoms with Gasteiger partial charge < -0.3 is 19.9 Å². The van der Waals surface area contributed by atoms with Crippen LogP contribution in [0.25, 0.3) is 0 Å². The van der Waals surface area contributed by atoms with Crippen LogP contribution in [0.5, 0.6) is 0 Å². The number of amides is 2. The van der Waals surface area contributed by atoms with Crippen LogP contribution in [0.1, 0.15) is 36.9 Å².